The van der Waals surface area contributed by atoms with Gasteiger partial charge in [0.05, 0.1) is 37.9 Å². The fourth-order valence-corrected chi connectivity index (χ4v) is 7.52. The first-order valence-electron chi connectivity index (χ1n) is 16.6. The van der Waals surface area contributed by atoms with E-state index in [4.69, 9.17) is 9.72 Å². The average Bonchev–Trinajstić information content (AvgIpc) is 3.60. The van der Waals surface area contributed by atoms with Crippen LogP contribution >= 0.6 is 0 Å². The van der Waals surface area contributed by atoms with Gasteiger partial charge in [0, 0.05) is 63.7 Å². The van der Waals surface area contributed by atoms with Crippen molar-refractivity contribution in [3.63, 3.8) is 0 Å². The zero-order chi connectivity index (χ0) is 33.6. The Hall–Kier alpha value is -4.06. The van der Waals surface area contributed by atoms with E-state index in [9.17, 15) is 23.2 Å². The number of fused-ring (bicyclic) bond motifs is 1. The Kier molecular flexibility index (Phi) is 8.63. The summed E-state index contributed by atoms with van der Waals surface area (Å²) in [5.41, 5.74) is 0.231. The number of nitrogens with zero attached hydrogens (tertiary/aromatic N) is 9. The average molecular weight is 664 g/mol. The largest absolute Gasteiger partial charge is 0.416 e. The standard InChI is InChI=1S/C34H40F3N9O2/c1-23-4-3-6-44(17-23)18-24-12-26-27(28(13-24)34(35,36)37)19-46(32(26)47)30-15-25(33(20-48-21-33)16-31-41-39-22-42(31)2)14-29(40-30)45-10-8-43(7-5-38)9-11-45/h12-15,22-23H,3-4,6-11,16-21H2,1-2H3. The highest BCUT2D eigenvalue weighted by Gasteiger charge is 2.45. The van der Waals surface area contributed by atoms with Crippen LogP contribution in [0.2, 0.25) is 0 Å². The molecule has 6 heterocycles. The molecule has 1 atom stereocenters. The molecule has 14 heteroatoms. The summed E-state index contributed by atoms with van der Waals surface area (Å²) in [6, 6.07) is 8.93. The normalized spacial score (nSPS) is 21.7. The quantitative estimate of drug-likeness (QED) is 0.333. The van der Waals surface area contributed by atoms with Crippen molar-refractivity contribution in [2.45, 2.75) is 50.9 Å². The number of benzene rings is 1. The fraction of sp³-hybridized carbons (Fsp3) is 0.559. The van der Waals surface area contributed by atoms with E-state index in [1.54, 1.807) is 12.4 Å². The van der Waals surface area contributed by atoms with Crippen molar-refractivity contribution in [2.24, 2.45) is 13.0 Å². The lowest BCUT2D eigenvalue weighted by Gasteiger charge is -2.42. The number of carbonyl (C=O) groups excluding carboxylic acids is 1. The second-order valence-corrected chi connectivity index (χ2v) is 13.8. The van der Waals surface area contributed by atoms with Gasteiger partial charge >= 0.3 is 6.18 Å². The van der Waals surface area contributed by atoms with Crippen LogP contribution in [0.4, 0.5) is 24.8 Å². The highest BCUT2D eigenvalue weighted by Crippen LogP contribution is 2.42. The number of carbonyl (C=O) groups is 1. The van der Waals surface area contributed by atoms with Gasteiger partial charge < -0.3 is 14.2 Å². The van der Waals surface area contributed by atoms with Crippen LogP contribution in [-0.2, 0) is 42.9 Å². The first kappa shape index (κ1) is 32.5. The molecule has 1 amide bonds. The summed E-state index contributed by atoms with van der Waals surface area (Å²) in [5.74, 6) is 1.73. The smallest absolute Gasteiger partial charge is 0.379 e. The molecule has 4 aliphatic heterocycles. The van der Waals surface area contributed by atoms with Crippen LogP contribution in [0.5, 0.6) is 0 Å². The minimum Gasteiger partial charge on any atom is -0.379 e. The summed E-state index contributed by atoms with van der Waals surface area (Å²) in [6.07, 6.45) is -0.319. The number of ether oxygens (including phenoxy) is 1. The molecule has 254 valence electrons. The molecule has 2 aromatic heterocycles. The molecule has 0 spiro atoms. The highest BCUT2D eigenvalue weighted by atomic mass is 19.4. The van der Waals surface area contributed by atoms with E-state index in [0.29, 0.717) is 82.0 Å². The molecule has 3 fully saturated rings. The Morgan fingerprint density at radius 1 is 1.06 bits per heavy atom. The number of nitriles is 1. The SMILES string of the molecule is CC1CCCN(Cc2cc3c(c(C(F)(F)F)c2)CN(c2cc(C4(Cc5nncn5C)COC4)cc(N4CCN(CC#N)CC4)n2)C3=O)C1. The molecule has 0 saturated carbocycles. The molecule has 48 heavy (non-hydrogen) atoms. The first-order chi connectivity index (χ1) is 23.0. The number of piperazine rings is 1. The number of likely N-dealkylation sites (tertiary alicyclic amines) is 1. The third-order valence-corrected chi connectivity index (χ3v) is 10.3. The van der Waals surface area contributed by atoms with Crippen LogP contribution in [0.3, 0.4) is 0 Å². The van der Waals surface area contributed by atoms with Crippen molar-refractivity contribution in [2.75, 3.05) is 68.8 Å². The Morgan fingerprint density at radius 2 is 1.83 bits per heavy atom. The third-order valence-electron chi connectivity index (χ3n) is 10.3. The van der Waals surface area contributed by atoms with Gasteiger partial charge in [-0.1, -0.05) is 6.92 Å². The van der Waals surface area contributed by atoms with Crippen LogP contribution in [-0.4, -0.2) is 94.5 Å². The van der Waals surface area contributed by atoms with Crippen molar-refractivity contribution < 1.29 is 22.7 Å². The summed E-state index contributed by atoms with van der Waals surface area (Å²) < 4.78 is 51.4. The second kappa shape index (κ2) is 12.8. The van der Waals surface area contributed by atoms with E-state index in [2.05, 4.69) is 37.9 Å². The molecule has 0 radical (unpaired) electrons. The lowest BCUT2D eigenvalue weighted by molar-refractivity contribution is -0.138. The van der Waals surface area contributed by atoms with Crippen LogP contribution in [0.25, 0.3) is 0 Å². The Morgan fingerprint density at radius 3 is 2.48 bits per heavy atom. The fourth-order valence-electron chi connectivity index (χ4n) is 7.52. The minimum absolute atomic E-state index is 0.0112. The molecule has 1 unspecified atom stereocenters. The van der Waals surface area contributed by atoms with E-state index in [0.717, 1.165) is 37.3 Å². The lowest BCUT2D eigenvalue weighted by atomic mass is 9.75. The van der Waals surface area contributed by atoms with Crippen molar-refractivity contribution in [1.82, 2.24) is 29.5 Å². The predicted molar refractivity (Wildman–Crippen MR) is 171 cm³/mol. The summed E-state index contributed by atoms with van der Waals surface area (Å²) in [4.78, 5) is 26.8. The number of rotatable bonds is 8. The van der Waals surface area contributed by atoms with E-state index < -0.39 is 23.1 Å². The molecule has 11 nitrogen and oxygen atoms in total. The Balaban J connectivity index is 1.26. The number of aryl methyl sites for hydroxylation is 1. The van der Waals surface area contributed by atoms with Gasteiger partial charge in [0.1, 0.15) is 23.8 Å². The highest BCUT2D eigenvalue weighted by molar-refractivity contribution is 6.10. The van der Waals surface area contributed by atoms with Crippen LogP contribution in [0.15, 0.2) is 30.6 Å². The summed E-state index contributed by atoms with van der Waals surface area (Å²) in [6.45, 7) is 7.72. The Labute approximate surface area is 277 Å². The zero-order valence-electron chi connectivity index (χ0n) is 27.3. The third kappa shape index (κ3) is 6.26. The van der Waals surface area contributed by atoms with Gasteiger partial charge in [-0.3, -0.25) is 19.5 Å². The molecule has 3 saturated heterocycles. The van der Waals surface area contributed by atoms with Gasteiger partial charge in [0.25, 0.3) is 5.91 Å². The van der Waals surface area contributed by atoms with Crippen molar-refractivity contribution in [3.8, 4) is 6.07 Å². The Bertz CT molecular complexity index is 1720. The van der Waals surface area contributed by atoms with Crippen molar-refractivity contribution >= 4 is 17.5 Å². The molecule has 3 aromatic rings. The van der Waals surface area contributed by atoms with Crippen molar-refractivity contribution in [3.05, 3.63) is 64.2 Å². The lowest BCUT2D eigenvalue weighted by Crippen LogP contribution is -2.50. The van der Waals surface area contributed by atoms with Gasteiger partial charge in [-0.05, 0) is 66.3 Å². The van der Waals surface area contributed by atoms with E-state index >= 15 is 0 Å². The number of hydrogen-bond acceptors (Lipinski definition) is 9. The first-order valence-corrected chi connectivity index (χ1v) is 16.6. The molecule has 0 N–H and O–H groups in total. The number of pyridine rings is 1. The monoisotopic (exact) mass is 663 g/mol. The van der Waals surface area contributed by atoms with Crippen LogP contribution in [0, 0.1) is 17.2 Å². The number of aromatic nitrogens is 4. The van der Waals surface area contributed by atoms with Crippen LogP contribution in [0.1, 0.15) is 58.2 Å². The summed E-state index contributed by atoms with van der Waals surface area (Å²) in [5, 5.41) is 17.5. The second-order valence-electron chi connectivity index (χ2n) is 13.8. The predicted octanol–water partition coefficient (Wildman–Crippen LogP) is 3.78. The van der Waals surface area contributed by atoms with E-state index in [1.165, 1.54) is 11.0 Å². The molecule has 7 rings (SSSR count). The summed E-state index contributed by atoms with van der Waals surface area (Å²) >= 11 is 0. The van der Waals surface area contributed by atoms with Crippen LogP contribution < -0.4 is 9.80 Å². The van der Waals surface area contributed by atoms with E-state index in [1.807, 2.05) is 23.7 Å². The molecule has 4 aliphatic rings. The van der Waals surface area contributed by atoms with E-state index in [-0.39, 0.29) is 17.7 Å². The van der Waals surface area contributed by atoms with Gasteiger partial charge in [0.15, 0.2) is 0 Å². The van der Waals surface area contributed by atoms with Gasteiger partial charge in [-0.15, -0.1) is 10.2 Å². The number of alkyl halides is 3. The van der Waals surface area contributed by atoms with Gasteiger partial charge in [-0.25, -0.2) is 4.98 Å². The molecular formula is C34H40F3N9O2. The molecule has 0 aliphatic carbocycles. The van der Waals surface area contributed by atoms with Gasteiger partial charge in [0.2, 0.25) is 0 Å². The number of amides is 1. The van der Waals surface area contributed by atoms with Gasteiger partial charge in [-0.2, -0.15) is 18.4 Å². The minimum atomic E-state index is -4.61. The molecule has 0 bridgehead atoms. The number of anilines is 2. The number of hydrogen-bond donors (Lipinski definition) is 0. The number of halogens is 3. The summed E-state index contributed by atoms with van der Waals surface area (Å²) in [7, 11) is 1.88. The topological polar surface area (TPSA) is 107 Å². The molecule has 1 aromatic carbocycles. The molecular weight excluding hydrogens is 623 g/mol. The number of piperidine rings is 1. The maximum absolute atomic E-state index is 14.6. The zero-order valence-corrected chi connectivity index (χ0v) is 27.3. The van der Waals surface area contributed by atoms with Crippen molar-refractivity contribution in [1.29, 1.82) is 5.26 Å². The maximum Gasteiger partial charge on any atom is 0.416 e. The maximum atomic E-state index is 14.6.